The Balaban J connectivity index is 2.47. The van der Waals surface area contributed by atoms with Crippen LogP contribution in [0.15, 0.2) is 12.1 Å². The van der Waals surface area contributed by atoms with Gasteiger partial charge in [0.05, 0.1) is 0 Å². The van der Waals surface area contributed by atoms with E-state index >= 15 is 0 Å². The third kappa shape index (κ3) is 2.78. The molecule has 17 heavy (non-hydrogen) atoms. The summed E-state index contributed by atoms with van der Waals surface area (Å²) in [7, 11) is 0. The van der Waals surface area contributed by atoms with Gasteiger partial charge in [0, 0.05) is 16.1 Å². The molecular formula is C14H19Cl2N. The third-order valence-electron chi connectivity index (χ3n) is 3.57. The third-order valence-corrected chi connectivity index (χ3v) is 4.25. The summed E-state index contributed by atoms with van der Waals surface area (Å²) >= 11 is 12.7. The number of nitrogens with one attached hydrogen (secondary N) is 1. The smallest absolute Gasteiger partial charge is 0.0457 e. The summed E-state index contributed by atoms with van der Waals surface area (Å²) < 4.78 is 0. The minimum absolute atomic E-state index is 0.346. The fraction of sp³-hybridized carbons (Fsp3) is 0.571. The SMILES string of the molecule is CCNC1CC(C)CCc2c(Cl)ccc(Cl)c21. The van der Waals surface area contributed by atoms with Crippen molar-refractivity contribution in [3.8, 4) is 0 Å². The van der Waals surface area contributed by atoms with Crippen LogP contribution in [0, 0.1) is 5.92 Å². The fourth-order valence-corrected chi connectivity index (χ4v) is 3.27. The lowest BCUT2D eigenvalue weighted by molar-refractivity contribution is 0.415. The van der Waals surface area contributed by atoms with Crippen LogP contribution in [0.5, 0.6) is 0 Å². The summed E-state index contributed by atoms with van der Waals surface area (Å²) in [5, 5.41) is 5.25. The molecule has 0 spiro atoms. The van der Waals surface area contributed by atoms with Crippen LogP contribution in [0.2, 0.25) is 10.0 Å². The number of hydrogen-bond acceptors (Lipinski definition) is 1. The Bertz CT molecular complexity index is 403. The van der Waals surface area contributed by atoms with Crippen molar-refractivity contribution in [2.45, 2.75) is 39.2 Å². The number of rotatable bonds is 2. The second-order valence-electron chi connectivity index (χ2n) is 4.91. The first-order valence-electron chi connectivity index (χ1n) is 6.33. The van der Waals surface area contributed by atoms with Crippen molar-refractivity contribution >= 4 is 23.2 Å². The Hall–Kier alpha value is -0.240. The van der Waals surface area contributed by atoms with E-state index < -0.39 is 0 Å². The first-order chi connectivity index (χ1) is 8.13. The molecule has 1 N–H and O–H groups in total. The van der Waals surface area contributed by atoms with E-state index in [0.717, 1.165) is 29.4 Å². The van der Waals surface area contributed by atoms with Gasteiger partial charge in [-0.2, -0.15) is 0 Å². The van der Waals surface area contributed by atoms with Gasteiger partial charge in [-0.15, -0.1) is 0 Å². The van der Waals surface area contributed by atoms with Crippen LogP contribution in [0.1, 0.15) is 43.9 Å². The van der Waals surface area contributed by atoms with E-state index in [1.165, 1.54) is 17.5 Å². The van der Waals surface area contributed by atoms with Crippen molar-refractivity contribution in [3.05, 3.63) is 33.3 Å². The number of hydrogen-bond donors (Lipinski definition) is 1. The Morgan fingerprint density at radius 1 is 1.29 bits per heavy atom. The molecular weight excluding hydrogens is 253 g/mol. The lowest BCUT2D eigenvalue weighted by Gasteiger charge is -2.22. The van der Waals surface area contributed by atoms with Crippen molar-refractivity contribution in [1.29, 1.82) is 0 Å². The Morgan fingerprint density at radius 2 is 2.00 bits per heavy atom. The molecule has 1 aliphatic carbocycles. The normalized spacial score (nSPS) is 24.2. The Kier molecular flexibility index (Phi) is 4.35. The van der Waals surface area contributed by atoms with Gasteiger partial charge >= 0.3 is 0 Å². The zero-order valence-corrected chi connectivity index (χ0v) is 11.9. The summed E-state index contributed by atoms with van der Waals surface area (Å²) in [6, 6.07) is 4.18. The molecule has 0 aliphatic heterocycles. The molecule has 0 radical (unpaired) electrons. The van der Waals surface area contributed by atoms with Crippen LogP contribution in [-0.2, 0) is 6.42 Å². The van der Waals surface area contributed by atoms with Gasteiger partial charge in [-0.1, -0.05) is 37.0 Å². The molecule has 0 fully saturated rings. The predicted octanol–water partition coefficient (Wildman–Crippen LogP) is 4.62. The molecule has 2 rings (SSSR count). The summed E-state index contributed by atoms with van der Waals surface area (Å²) in [4.78, 5) is 0. The van der Waals surface area contributed by atoms with Crippen molar-refractivity contribution in [2.75, 3.05) is 6.54 Å². The number of fused-ring (bicyclic) bond motifs is 1. The molecule has 1 nitrogen and oxygen atoms in total. The van der Waals surface area contributed by atoms with Gasteiger partial charge < -0.3 is 5.32 Å². The maximum absolute atomic E-state index is 6.37. The van der Waals surface area contributed by atoms with Crippen LogP contribution in [0.3, 0.4) is 0 Å². The van der Waals surface area contributed by atoms with Crippen molar-refractivity contribution in [2.24, 2.45) is 5.92 Å². The molecule has 2 atom stereocenters. The Labute approximate surface area is 114 Å². The lowest BCUT2D eigenvalue weighted by Crippen LogP contribution is -2.22. The van der Waals surface area contributed by atoms with Crippen LogP contribution in [0.25, 0.3) is 0 Å². The van der Waals surface area contributed by atoms with E-state index in [0.29, 0.717) is 12.0 Å². The second-order valence-corrected chi connectivity index (χ2v) is 5.73. The van der Waals surface area contributed by atoms with Crippen LogP contribution < -0.4 is 5.32 Å². The average Bonchev–Trinajstić information content (AvgIpc) is 2.45. The van der Waals surface area contributed by atoms with Gasteiger partial charge in [0.2, 0.25) is 0 Å². The van der Waals surface area contributed by atoms with E-state index in [2.05, 4.69) is 19.2 Å². The highest BCUT2D eigenvalue weighted by atomic mass is 35.5. The van der Waals surface area contributed by atoms with Gasteiger partial charge in [0.15, 0.2) is 0 Å². The minimum atomic E-state index is 0.346. The van der Waals surface area contributed by atoms with Crippen LogP contribution >= 0.6 is 23.2 Å². The molecule has 0 amide bonds. The van der Waals surface area contributed by atoms with Gasteiger partial charge in [-0.25, -0.2) is 0 Å². The van der Waals surface area contributed by atoms with E-state index in [4.69, 9.17) is 23.2 Å². The monoisotopic (exact) mass is 271 g/mol. The second kappa shape index (κ2) is 5.60. The average molecular weight is 272 g/mol. The van der Waals surface area contributed by atoms with Crippen molar-refractivity contribution in [1.82, 2.24) is 5.32 Å². The largest absolute Gasteiger partial charge is 0.310 e. The zero-order valence-electron chi connectivity index (χ0n) is 10.4. The molecule has 0 saturated heterocycles. The van der Waals surface area contributed by atoms with Gasteiger partial charge in [-0.05, 0) is 55.0 Å². The van der Waals surface area contributed by atoms with Gasteiger partial charge in [-0.3, -0.25) is 0 Å². The maximum atomic E-state index is 6.37. The Morgan fingerprint density at radius 3 is 2.71 bits per heavy atom. The molecule has 94 valence electrons. The zero-order chi connectivity index (χ0) is 12.4. The fourth-order valence-electron chi connectivity index (χ4n) is 2.70. The molecule has 1 aromatic carbocycles. The van der Waals surface area contributed by atoms with Crippen molar-refractivity contribution < 1.29 is 0 Å². The highest BCUT2D eigenvalue weighted by Crippen LogP contribution is 2.39. The van der Waals surface area contributed by atoms with Crippen molar-refractivity contribution in [3.63, 3.8) is 0 Å². The van der Waals surface area contributed by atoms with E-state index in [1.54, 1.807) is 0 Å². The summed E-state index contributed by atoms with van der Waals surface area (Å²) in [6.45, 7) is 5.39. The standard InChI is InChI=1S/C14H19Cl2N/c1-3-17-13-8-9(2)4-5-10-11(15)6-7-12(16)14(10)13/h6-7,9,13,17H,3-5,8H2,1-2H3. The van der Waals surface area contributed by atoms with Gasteiger partial charge in [0.1, 0.15) is 0 Å². The highest BCUT2D eigenvalue weighted by Gasteiger charge is 2.25. The first-order valence-corrected chi connectivity index (χ1v) is 7.09. The first kappa shape index (κ1) is 13.2. The number of benzene rings is 1. The summed E-state index contributed by atoms with van der Waals surface area (Å²) in [6.07, 6.45) is 3.37. The highest BCUT2D eigenvalue weighted by molar-refractivity contribution is 6.34. The molecule has 0 aromatic heterocycles. The minimum Gasteiger partial charge on any atom is -0.310 e. The lowest BCUT2D eigenvalue weighted by atomic mass is 9.97. The molecule has 1 aromatic rings. The summed E-state index contributed by atoms with van der Waals surface area (Å²) in [5.74, 6) is 0.707. The number of halogens is 2. The molecule has 0 saturated carbocycles. The molecule has 0 bridgehead atoms. The summed E-state index contributed by atoms with van der Waals surface area (Å²) in [5.41, 5.74) is 2.47. The quantitative estimate of drug-likeness (QED) is 0.775. The van der Waals surface area contributed by atoms with E-state index in [-0.39, 0.29) is 0 Å². The molecule has 2 unspecified atom stereocenters. The van der Waals surface area contributed by atoms with E-state index in [9.17, 15) is 0 Å². The molecule has 1 aliphatic rings. The van der Waals surface area contributed by atoms with Crippen LogP contribution in [0.4, 0.5) is 0 Å². The molecule has 0 heterocycles. The topological polar surface area (TPSA) is 12.0 Å². The molecule has 3 heteroatoms. The van der Waals surface area contributed by atoms with Crippen LogP contribution in [-0.4, -0.2) is 6.54 Å². The van der Waals surface area contributed by atoms with E-state index in [1.807, 2.05) is 12.1 Å². The van der Waals surface area contributed by atoms with Gasteiger partial charge in [0.25, 0.3) is 0 Å². The predicted molar refractivity (Wildman–Crippen MR) is 75.0 cm³/mol. The maximum Gasteiger partial charge on any atom is 0.0457 e.